The molecular formula is C21H15Cl4N3O2S2. The topological polar surface area (TPSA) is 71.1 Å². The summed E-state index contributed by atoms with van der Waals surface area (Å²) in [6, 6.07) is 15.1. The Labute approximate surface area is 213 Å². The minimum Gasteiger partial charge on any atom is -0.310 e. The standard InChI is InChI=1S/C21H15Cl4N3O2S2/c22-12-4-6-14(24)16(8-12)31-10-20(29)27-18-2-1-3-19(26-18)28-21(30)11-32-17-9-13(23)5-7-15(17)25/h1-9H,10-11H2,(H2,26,27,28,29,30). The van der Waals surface area contributed by atoms with Gasteiger partial charge in [-0.15, -0.1) is 23.5 Å². The summed E-state index contributed by atoms with van der Waals surface area (Å²) in [6.45, 7) is 0. The Morgan fingerprint density at radius 3 is 1.59 bits per heavy atom. The highest BCUT2D eigenvalue weighted by Crippen LogP contribution is 2.31. The first-order valence-electron chi connectivity index (χ1n) is 9.02. The second-order valence-corrected chi connectivity index (χ2v) is 9.95. The van der Waals surface area contributed by atoms with Gasteiger partial charge in [-0.3, -0.25) is 9.59 Å². The highest BCUT2D eigenvalue weighted by molar-refractivity contribution is 8.00. The average molecular weight is 547 g/mol. The molecule has 11 heteroatoms. The molecule has 0 bridgehead atoms. The Hall–Kier alpha value is -1.61. The van der Waals surface area contributed by atoms with Gasteiger partial charge in [0.15, 0.2) is 0 Å². The fourth-order valence-corrected chi connectivity index (χ4v) is 4.98. The summed E-state index contributed by atoms with van der Waals surface area (Å²) in [7, 11) is 0. The number of nitrogens with one attached hydrogen (secondary N) is 2. The van der Waals surface area contributed by atoms with E-state index in [1.54, 1.807) is 54.6 Å². The zero-order chi connectivity index (χ0) is 23.1. The number of hydrogen-bond acceptors (Lipinski definition) is 5. The zero-order valence-electron chi connectivity index (χ0n) is 16.2. The van der Waals surface area contributed by atoms with Crippen molar-refractivity contribution in [3.63, 3.8) is 0 Å². The first-order chi connectivity index (χ1) is 15.3. The van der Waals surface area contributed by atoms with E-state index in [1.807, 2.05) is 0 Å². The van der Waals surface area contributed by atoms with Crippen molar-refractivity contribution in [1.82, 2.24) is 4.98 Å². The number of hydrogen-bond donors (Lipinski definition) is 2. The lowest BCUT2D eigenvalue weighted by atomic mass is 10.4. The Balaban J connectivity index is 1.52. The van der Waals surface area contributed by atoms with Gasteiger partial charge in [0.25, 0.3) is 0 Å². The van der Waals surface area contributed by atoms with Crippen LogP contribution in [0.2, 0.25) is 20.1 Å². The van der Waals surface area contributed by atoms with Gasteiger partial charge in [0.1, 0.15) is 11.6 Å². The van der Waals surface area contributed by atoms with Gasteiger partial charge in [-0.2, -0.15) is 0 Å². The molecule has 0 atom stereocenters. The first kappa shape index (κ1) is 25.0. The third kappa shape index (κ3) is 7.76. The molecule has 0 saturated carbocycles. The van der Waals surface area contributed by atoms with Crippen LogP contribution in [-0.2, 0) is 9.59 Å². The fraction of sp³-hybridized carbons (Fsp3) is 0.0952. The number of pyridine rings is 1. The maximum atomic E-state index is 12.3. The molecule has 2 N–H and O–H groups in total. The molecule has 5 nitrogen and oxygen atoms in total. The van der Waals surface area contributed by atoms with E-state index in [4.69, 9.17) is 46.4 Å². The molecule has 3 rings (SSSR count). The molecule has 0 saturated heterocycles. The molecule has 0 radical (unpaired) electrons. The van der Waals surface area contributed by atoms with Gasteiger partial charge in [-0.05, 0) is 48.5 Å². The molecule has 0 fully saturated rings. The van der Waals surface area contributed by atoms with E-state index in [0.717, 1.165) is 0 Å². The third-order valence-electron chi connectivity index (χ3n) is 3.79. The quantitative estimate of drug-likeness (QED) is 0.293. The van der Waals surface area contributed by atoms with E-state index < -0.39 is 0 Å². The lowest BCUT2D eigenvalue weighted by Crippen LogP contribution is -2.17. The summed E-state index contributed by atoms with van der Waals surface area (Å²) >= 11 is 26.7. The number of rotatable bonds is 8. The molecule has 1 aromatic heterocycles. The molecular weight excluding hydrogens is 532 g/mol. The molecule has 0 aliphatic carbocycles. The molecule has 1 heterocycles. The van der Waals surface area contributed by atoms with E-state index in [9.17, 15) is 9.59 Å². The van der Waals surface area contributed by atoms with E-state index in [2.05, 4.69) is 15.6 Å². The monoisotopic (exact) mass is 545 g/mol. The number of anilines is 2. The molecule has 166 valence electrons. The zero-order valence-corrected chi connectivity index (χ0v) is 20.9. The van der Waals surface area contributed by atoms with Gasteiger partial charge in [0.05, 0.1) is 21.6 Å². The van der Waals surface area contributed by atoms with Crippen LogP contribution < -0.4 is 10.6 Å². The molecule has 0 aliphatic heterocycles. The van der Waals surface area contributed by atoms with Crippen LogP contribution in [0.25, 0.3) is 0 Å². The Morgan fingerprint density at radius 1 is 0.719 bits per heavy atom. The summed E-state index contributed by atoms with van der Waals surface area (Å²) in [5.41, 5.74) is 0. The minimum absolute atomic E-state index is 0.120. The molecule has 0 spiro atoms. The third-order valence-corrected chi connectivity index (χ3v) is 7.25. The van der Waals surface area contributed by atoms with E-state index >= 15 is 0 Å². The Kier molecular flexibility index (Phi) is 9.40. The summed E-state index contributed by atoms with van der Waals surface area (Å²) in [5, 5.41) is 7.51. The van der Waals surface area contributed by atoms with Crippen LogP contribution in [0.1, 0.15) is 0 Å². The number of thioether (sulfide) groups is 2. The van der Waals surface area contributed by atoms with Crippen LogP contribution in [0.5, 0.6) is 0 Å². The molecule has 0 unspecified atom stereocenters. The predicted octanol–water partition coefficient (Wildman–Crippen LogP) is 7.16. The second kappa shape index (κ2) is 12.0. The first-order valence-corrected chi connectivity index (χ1v) is 12.5. The highest BCUT2D eigenvalue weighted by Gasteiger charge is 2.10. The van der Waals surface area contributed by atoms with Crippen LogP contribution >= 0.6 is 69.9 Å². The summed E-state index contributed by atoms with van der Waals surface area (Å²) in [6.07, 6.45) is 0. The van der Waals surface area contributed by atoms with Crippen molar-refractivity contribution in [3.05, 3.63) is 74.7 Å². The SMILES string of the molecule is O=C(CSc1cc(Cl)ccc1Cl)Nc1cccc(NC(=O)CSc2cc(Cl)ccc2Cl)n1. The average Bonchev–Trinajstić information content (AvgIpc) is 2.75. The van der Waals surface area contributed by atoms with Crippen molar-refractivity contribution >= 4 is 93.4 Å². The van der Waals surface area contributed by atoms with Crippen molar-refractivity contribution in [2.75, 3.05) is 22.1 Å². The summed E-state index contributed by atoms with van der Waals surface area (Å²) in [5.74, 6) is 0.332. The number of amides is 2. The number of carbonyl (C=O) groups is 2. The van der Waals surface area contributed by atoms with Crippen molar-refractivity contribution in [2.45, 2.75) is 9.79 Å². The van der Waals surface area contributed by atoms with Gasteiger partial charge >= 0.3 is 0 Å². The Bertz CT molecular complexity index is 1060. The van der Waals surface area contributed by atoms with Crippen LogP contribution in [0.3, 0.4) is 0 Å². The molecule has 32 heavy (non-hydrogen) atoms. The van der Waals surface area contributed by atoms with Gasteiger partial charge in [-0.1, -0.05) is 52.5 Å². The van der Waals surface area contributed by atoms with Crippen LogP contribution in [0.15, 0.2) is 64.4 Å². The number of halogens is 4. The lowest BCUT2D eigenvalue weighted by Gasteiger charge is -2.09. The van der Waals surface area contributed by atoms with Gasteiger partial charge in [0.2, 0.25) is 11.8 Å². The summed E-state index contributed by atoms with van der Waals surface area (Å²) < 4.78 is 0. The second-order valence-electron chi connectivity index (χ2n) is 6.23. The van der Waals surface area contributed by atoms with Crippen molar-refractivity contribution < 1.29 is 9.59 Å². The van der Waals surface area contributed by atoms with E-state index in [0.29, 0.717) is 41.5 Å². The fourth-order valence-electron chi connectivity index (χ4n) is 2.39. The smallest absolute Gasteiger partial charge is 0.235 e. The minimum atomic E-state index is -0.270. The lowest BCUT2D eigenvalue weighted by molar-refractivity contribution is -0.114. The maximum absolute atomic E-state index is 12.3. The molecule has 2 amide bonds. The predicted molar refractivity (Wildman–Crippen MR) is 136 cm³/mol. The van der Waals surface area contributed by atoms with Crippen molar-refractivity contribution in [1.29, 1.82) is 0 Å². The summed E-state index contributed by atoms with van der Waals surface area (Å²) in [4.78, 5) is 30.2. The van der Waals surface area contributed by atoms with Crippen molar-refractivity contribution in [3.8, 4) is 0 Å². The molecule has 3 aromatic rings. The van der Waals surface area contributed by atoms with Crippen LogP contribution in [-0.4, -0.2) is 28.3 Å². The number of nitrogens with zero attached hydrogens (tertiary/aromatic N) is 1. The largest absolute Gasteiger partial charge is 0.310 e. The van der Waals surface area contributed by atoms with E-state index in [-0.39, 0.29) is 23.3 Å². The number of carbonyl (C=O) groups excluding carboxylic acids is 2. The van der Waals surface area contributed by atoms with Crippen molar-refractivity contribution in [2.24, 2.45) is 0 Å². The van der Waals surface area contributed by atoms with Gasteiger partial charge in [0, 0.05) is 19.8 Å². The normalized spacial score (nSPS) is 10.6. The van der Waals surface area contributed by atoms with E-state index in [1.165, 1.54) is 23.5 Å². The molecule has 0 aliphatic rings. The van der Waals surface area contributed by atoms with Gasteiger partial charge in [-0.25, -0.2) is 4.98 Å². The number of benzene rings is 2. The number of aromatic nitrogens is 1. The van der Waals surface area contributed by atoms with Gasteiger partial charge < -0.3 is 10.6 Å². The maximum Gasteiger partial charge on any atom is 0.235 e. The van der Waals surface area contributed by atoms with Crippen LogP contribution in [0, 0.1) is 0 Å². The van der Waals surface area contributed by atoms with Crippen LogP contribution in [0.4, 0.5) is 11.6 Å². The molecule has 2 aromatic carbocycles. The highest BCUT2D eigenvalue weighted by atomic mass is 35.5. The Morgan fingerprint density at radius 2 is 1.16 bits per heavy atom.